The van der Waals surface area contributed by atoms with Crippen molar-refractivity contribution in [3.05, 3.63) is 223 Å². The Balaban J connectivity index is 1.01. The van der Waals surface area contributed by atoms with Crippen LogP contribution in [0, 0.1) is 0 Å². The Labute approximate surface area is 326 Å². The topological polar surface area (TPSA) is 50.2 Å². The third-order valence-corrected chi connectivity index (χ3v) is 10.5. The van der Waals surface area contributed by atoms with E-state index < -0.39 is 0 Å². The van der Waals surface area contributed by atoms with Gasteiger partial charge in [0.15, 0.2) is 5.82 Å². The van der Waals surface area contributed by atoms with Crippen molar-refractivity contribution in [1.29, 1.82) is 0 Å². The normalized spacial score (nSPS) is 13.4. The van der Waals surface area contributed by atoms with Gasteiger partial charge in [0.05, 0.1) is 16.9 Å². The molecule has 10 rings (SSSR count). The van der Waals surface area contributed by atoms with Crippen LogP contribution in [0.15, 0.2) is 211 Å². The average molecular weight is 717 g/mol. The molecule has 1 atom stereocenters. The van der Waals surface area contributed by atoms with Crippen LogP contribution in [0.4, 0.5) is 5.69 Å². The van der Waals surface area contributed by atoms with E-state index in [0.717, 1.165) is 72.5 Å². The van der Waals surface area contributed by atoms with Gasteiger partial charge in [-0.2, -0.15) is 0 Å². The first-order valence-electron chi connectivity index (χ1n) is 19.0. The number of aromatic nitrogens is 2. The number of hydrogen-bond acceptors (Lipinski definition) is 4. The van der Waals surface area contributed by atoms with Crippen LogP contribution in [0.1, 0.15) is 22.9 Å². The summed E-state index contributed by atoms with van der Waals surface area (Å²) in [6.07, 6.45) is -0.263. The van der Waals surface area contributed by atoms with Crippen molar-refractivity contribution < 1.29 is 0 Å². The van der Waals surface area contributed by atoms with Crippen LogP contribution in [0.5, 0.6) is 0 Å². The SMILES string of the molecule is c1ccc(-c2cccc(C3=NC(c4cccc(-c5cccc(-c6nc(-c7cccc(-c8ccccc8)c7)c7ccccc7n6)c5)c4)Nc4ccccc43)c2)cc1. The number of benzene rings is 8. The summed E-state index contributed by atoms with van der Waals surface area (Å²) in [5, 5.41) is 4.75. The molecule has 1 aliphatic heterocycles. The van der Waals surface area contributed by atoms with E-state index in [4.69, 9.17) is 15.0 Å². The highest BCUT2D eigenvalue weighted by Gasteiger charge is 2.23. The fourth-order valence-electron chi connectivity index (χ4n) is 7.69. The van der Waals surface area contributed by atoms with Gasteiger partial charge in [0.25, 0.3) is 0 Å². The first kappa shape index (κ1) is 33.2. The maximum absolute atomic E-state index is 5.38. The number of rotatable bonds is 7. The summed E-state index contributed by atoms with van der Waals surface area (Å²) in [6, 6.07) is 72.2. The fourth-order valence-corrected chi connectivity index (χ4v) is 7.69. The number of fused-ring (bicyclic) bond motifs is 2. The molecular formula is C52H36N4. The van der Waals surface area contributed by atoms with Crippen LogP contribution < -0.4 is 5.32 Å². The molecule has 1 aliphatic rings. The van der Waals surface area contributed by atoms with Crippen LogP contribution in [0.3, 0.4) is 0 Å². The van der Waals surface area contributed by atoms with Crippen molar-refractivity contribution in [2.45, 2.75) is 6.17 Å². The van der Waals surface area contributed by atoms with Gasteiger partial charge in [0.2, 0.25) is 0 Å². The molecule has 8 aromatic carbocycles. The van der Waals surface area contributed by atoms with E-state index in [1.807, 2.05) is 12.1 Å². The van der Waals surface area contributed by atoms with Crippen LogP contribution in [-0.4, -0.2) is 15.7 Å². The van der Waals surface area contributed by atoms with Crippen LogP contribution >= 0.6 is 0 Å². The smallest absolute Gasteiger partial charge is 0.160 e. The Kier molecular flexibility index (Phi) is 8.54. The molecule has 0 aliphatic carbocycles. The summed E-state index contributed by atoms with van der Waals surface area (Å²) in [5.74, 6) is 0.694. The summed E-state index contributed by atoms with van der Waals surface area (Å²) in [4.78, 5) is 15.7. The first-order valence-corrected chi connectivity index (χ1v) is 19.0. The molecule has 0 bridgehead atoms. The van der Waals surface area contributed by atoms with Gasteiger partial charge in [-0.3, -0.25) is 4.99 Å². The monoisotopic (exact) mass is 716 g/mol. The number of hydrogen-bond donors (Lipinski definition) is 1. The minimum Gasteiger partial charge on any atom is -0.360 e. The quantitative estimate of drug-likeness (QED) is 0.179. The molecule has 56 heavy (non-hydrogen) atoms. The van der Waals surface area contributed by atoms with E-state index in [2.05, 4.69) is 199 Å². The zero-order chi connectivity index (χ0) is 37.3. The Morgan fingerprint density at radius 3 is 1.64 bits per heavy atom. The van der Waals surface area contributed by atoms with Crippen molar-refractivity contribution in [3.8, 4) is 56.0 Å². The zero-order valence-corrected chi connectivity index (χ0v) is 30.5. The van der Waals surface area contributed by atoms with E-state index in [1.165, 1.54) is 16.7 Å². The molecule has 0 spiro atoms. The average Bonchev–Trinajstić information content (AvgIpc) is 3.29. The second kappa shape index (κ2) is 14.4. The van der Waals surface area contributed by atoms with Gasteiger partial charge in [-0.25, -0.2) is 9.97 Å². The van der Waals surface area contributed by atoms with Gasteiger partial charge in [0, 0.05) is 33.3 Å². The molecule has 2 heterocycles. The van der Waals surface area contributed by atoms with E-state index in [0.29, 0.717) is 5.82 Å². The molecule has 0 radical (unpaired) electrons. The Hall–Kier alpha value is -7.43. The summed E-state index contributed by atoms with van der Waals surface area (Å²) in [7, 11) is 0. The highest BCUT2D eigenvalue weighted by molar-refractivity contribution is 6.17. The molecule has 0 saturated heterocycles. The van der Waals surface area contributed by atoms with Gasteiger partial charge in [-0.05, 0) is 75.3 Å². The molecule has 4 nitrogen and oxygen atoms in total. The lowest BCUT2D eigenvalue weighted by atomic mass is 9.94. The summed E-state index contributed by atoms with van der Waals surface area (Å²) < 4.78 is 0. The lowest BCUT2D eigenvalue weighted by Gasteiger charge is -2.26. The van der Waals surface area contributed by atoms with Gasteiger partial charge < -0.3 is 5.32 Å². The Bertz CT molecular complexity index is 2900. The summed E-state index contributed by atoms with van der Waals surface area (Å²) in [6.45, 7) is 0. The maximum atomic E-state index is 5.38. The van der Waals surface area contributed by atoms with Crippen molar-refractivity contribution >= 4 is 22.3 Å². The number of para-hydroxylation sites is 2. The highest BCUT2D eigenvalue weighted by Crippen LogP contribution is 2.36. The molecule has 0 saturated carbocycles. The predicted octanol–water partition coefficient (Wildman–Crippen LogP) is 12.9. The van der Waals surface area contributed by atoms with E-state index >= 15 is 0 Å². The van der Waals surface area contributed by atoms with E-state index in [-0.39, 0.29) is 6.17 Å². The van der Waals surface area contributed by atoms with Crippen molar-refractivity contribution in [1.82, 2.24) is 9.97 Å². The lowest BCUT2D eigenvalue weighted by Crippen LogP contribution is -2.20. The van der Waals surface area contributed by atoms with E-state index in [1.54, 1.807) is 0 Å². The third-order valence-electron chi connectivity index (χ3n) is 10.5. The number of nitrogens with zero attached hydrogens (tertiary/aromatic N) is 3. The van der Waals surface area contributed by atoms with Crippen molar-refractivity contribution in [2.75, 3.05) is 5.32 Å². The maximum Gasteiger partial charge on any atom is 0.160 e. The molecule has 9 aromatic rings. The third kappa shape index (κ3) is 6.44. The van der Waals surface area contributed by atoms with Crippen LogP contribution in [-0.2, 0) is 0 Å². The van der Waals surface area contributed by atoms with Crippen molar-refractivity contribution in [2.24, 2.45) is 4.99 Å². The van der Waals surface area contributed by atoms with Gasteiger partial charge in [-0.15, -0.1) is 0 Å². The number of anilines is 1. The fraction of sp³-hybridized carbons (Fsp3) is 0.0192. The first-order chi connectivity index (χ1) is 27.7. The molecule has 1 N–H and O–H groups in total. The van der Waals surface area contributed by atoms with Crippen LogP contribution in [0.2, 0.25) is 0 Å². The Morgan fingerprint density at radius 1 is 0.375 bits per heavy atom. The van der Waals surface area contributed by atoms with Gasteiger partial charge >= 0.3 is 0 Å². The van der Waals surface area contributed by atoms with E-state index in [9.17, 15) is 0 Å². The second-order valence-electron chi connectivity index (χ2n) is 14.1. The van der Waals surface area contributed by atoms with Gasteiger partial charge in [0.1, 0.15) is 6.17 Å². The largest absolute Gasteiger partial charge is 0.360 e. The van der Waals surface area contributed by atoms with Crippen LogP contribution in [0.25, 0.3) is 66.9 Å². The molecule has 264 valence electrons. The highest BCUT2D eigenvalue weighted by atomic mass is 15.1. The molecule has 0 fully saturated rings. The molecular weight excluding hydrogens is 681 g/mol. The number of nitrogens with one attached hydrogen (secondary N) is 1. The minimum absolute atomic E-state index is 0.263. The molecule has 1 aromatic heterocycles. The molecule has 4 heteroatoms. The molecule has 0 amide bonds. The summed E-state index contributed by atoms with van der Waals surface area (Å²) >= 11 is 0. The standard InChI is InChI=1S/C52H36N4/c1-3-15-35(16-4-1)37-19-11-23-41(31-37)49-45-27-7-9-29-47(45)53-51(55-49)43-25-13-21-39(33-43)40-22-14-26-44(34-40)52-54-48-30-10-8-28-46(48)50(56-52)42-24-12-20-38(32-42)36-17-5-2-6-18-36/h1-34,51,53H. The lowest BCUT2D eigenvalue weighted by molar-refractivity contribution is 0.828. The summed E-state index contributed by atoms with van der Waals surface area (Å²) in [5.41, 5.74) is 16.1. The molecule has 1 unspecified atom stereocenters. The Morgan fingerprint density at radius 2 is 0.893 bits per heavy atom. The predicted molar refractivity (Wildman–Crippen MR) is 232 cm³/mol. The second-order valence-corrected chi connectivity index (χ2v) is 14.1. The zero-order valence-electron chi connectivity index (χ0n) is 30.5. The minimum atomic E-state index is -0.263. The van der Waals surface area contributed by atoms with Crippen molar-refractivity contribution in [3.63, 3.8) is 0 Å². The van der Waals surface area contributed by atoms with Gasteiger partial charge in [-0.1, -0.05) is 170 Å². The number of aliphatic imine (C=N–C) groups is 1.